The van der Waals surface area contributed by atoms with E-state index in [1.54, 1.807) is 36.0 Å². The van der Waals surface area contributed by atoms with Crippen LogP contribution >= 0.6 is 0 Å². The minimum absolute atomic E-state index is 0.162. The SMILES string of the molecule is Cn1cccc1C(=O)NC(=O)COC(=O)c1ccc(NC(=O)CC#N)cc1. The Bertz CT molecular complexity index is 909. The summed E-state index contributed by atoms with van der Waals surface area (Å²) in [7, 11) is 1.66. The number of hydrogen-bond donors (Lipinski definition) is 2. The third kappa shape index (κ3) is 5.54. The van der Waals surface area contributed by atoms with Crippen molar-refractivity contribution in [3.8, 4) is 6.07 Å². The predicted molar refractivity (Wildman–Crippen MR) is 93.5 cm³/mol. The average molecular weight is 368 g/mol. The number of aromatic nitrogens is 1. The van der Waals surface area contributed by atoms with Gasteiger partial charge >= 0.3 is 5.97 Å². The van der Waals surface area contributed by atoms with Crippen LogP contribution in [0.25, 0.3) is 0 Å². The van der Waals surface area contributed by atoms with Crippen molar-refractivity contribution in [2.75, 3.05) is 11.9 Å². The zero-order chi connectivity index (χ0) is 19.8. The Labute approximate surface area is 154 Å². The number of rotatable bonds is 6. The quantitative estimate of drug-likeness (QED) is 0.731. The van der Waals surface area contributed by atoms with Gasteiger partial charge in [-0.2, -0.15) is 5.26 Å². The zero-order valence-corrected chi connectivity index (χ0v) is 14.4. The number of aryl methyl sites for hydroxylation is 1. The van der Waals surface area contributed by atoms with Crippen LogP contribution in [0, 0.1) is 11.3 Å². The second-order valence-corrected chi connectivity index (χ2v) is 5.42. The first-order valence-electron chi connectivity index (χ1n) is 7.80. The van der Waals surface area contributed by atoms with E-state index in [1.165, 1.54) is 24.3 Å². The summed E-state index contributed by atoms with van der Waals surface area (Å²) in [6, 6.07) is 10.7. The lowest BCUT2D eigenvalue weighted by Crippen LogP contribution is -2.35. The molecule has 0 saturated carbocycles. The number of hydrogen-bond acceptors (Lipinski definition) is 6. The minimum atomic E-state index is -0.758. The van der Waals surface area contributed by atoms with Crippen molar-refractivity contribution in [1.29, 1.82) is 5.26 Å². The highest BCUT2D eigenvalue weighted by Crippen LogP contribution is 2.11. The van der Waals surface area contributed by atoms with Gasteiger partial charge in [0.25, 0.3) is 11.8 Å². The van der Waals surface area contributed by atoms with E-state index in [0.29, 0.717) is 11.4 Å². The molecule has 0 aliphatic carbocycles. The van der Waals surface area contributed by atoms with Crippen molar-refractivity contribution in [2.24, 2.45) is 7.05 Å². The lowest BCUT2D eigenvalue weighted by atomic mass is 10.2. The third-order valence-corrected chi connectivity index (χ3v) is 3.41. The number of ether oxygens (including phenoxy) is 1. The first-order chi connectivity index (χ1) is 12.9. The van der Waals surface area contributed by atoms with Crippen LogP contribution in [0.5, 0.6) is 0 Å². The number of nitriles is 1. The maximum atomic E-state index is 11.9. The van der Waals surface area contributed by atoms with E-state index < -0.39 is 30.3 Å². The Morgan fingerprint density at radius 2 is 1.81 bits per heavy atom. The molecule has 1 aromatic carbocycles. The summed E-state index contributed by atoms with van der Waals surface area (Å²) in [5.41, 5.74) is 0.872. The highest BCUT2D eigenvalue weighted by Gasteiger charge is 2.15. The Balaban J connectivity index is 1.83. The van der Waals surface area contributed by atoms with Gasteiger partial charge in [0, 0.05) is 18.9 Å². The monoisotopic (exact) mass is 368 g/mol. The van der Waals surface area contributed by atoms with Crippen LogP contribution in [-0.2, 0) is 21.4 Å². The average Bonchev–Trinajstić information content (AvgIpc) is 3.06. The molecule has 2 rings (SSSR count). The Morgan fingerprint density at radius 3 is 2.41 bits per heavy atom. The van der Waals surface area contributed by atoms with Crippen molar-refractivity contribution in [3.63, 3.8) is 0 Å². The maximum absolute atomic E-state index is 11.9. The van der Waals surface area contributed by atoms with Gasteiger partial charge in [0.2, 0.25) is 5.91 Å². The molecule has 0 aliphatic heterocycles. The molecular weight excluding hydrogens is 352 g/mol. The summed E-state index contributed by atoms with van der Waals surface area (Å²) < 4.78 is 6.40. The van der Waals surface area contributed by atoms with Crippen LogP contribution in [-0.4, -0.2) is 34.9 Å². The molecule has 0 fully saturated rings. The molecular formula is C18H16N4O5. The molecule has 0 unspecified atom stereocenters. The van der Waals surface area contributed by atoms with Crippen molar-refractivity contribution >= 4 is 29.4 Å². The number of carbonyl (C=O) groups is 4. The predicted octanol–water partition coefficient (Wildman–Crippen LogP) is 0.991. The number of nitrogens with one attached hydrogen (secondary N) is 2. The van der Waals surface area contributed by atoms with Crippen LogP contribution in [0.2, 0.25) is 0 Å². The van der Waals surface area contributed by atoms with Crippen molar-refractivity contribution < 1.29 is 23.9 Å². The van der Waals surface area contributed by atoms with Gasteiger partial charge in [0.05, 0.1) is 11.6 Å². The molecule has 27 heavy (non-hydrogen) atoms. The molecule has 3 amide bonds. The second kappa shape index (κ2) is 8.96. The second-order valence-electron chi connectivity index (χ2n) is 5.42. The zero-order valence-electron chi connectivity index (χ0n) is 14.4. The smallest absolute Gasteiger partial charge is 0.338 e. The van der Waals surface area contributed by atoms with Gasteiger partial charge in [-0.1, -0.05) is 0 Å². The molecule has 1 aromatic heterocycles. The highest BCUT2D eigenvalue weighted by atomic mass is 16.5. The number of carbonyl (C=O) groups excluding carboxylic acids is 4. The molecule has 9 heteroatoms. The minimum Gasteiger partial charge on any atom is -0.452 e. The fourth-order valence-corrected chi connectivity index (χ4v) is 2.10. The summed E-state index contributed by atoms with van der Waals surface area (Å²) in [5, 5.41) is 13.0. The van der Waals surface area contributed by atoms with E-state index in [4.69, 9.17) is 10.00 Å². The van der Waals surface area contributed by atoms with E-state index in [9.17, 15) is 19.2 Å². The van der Waals surface area contributed by atoms with Gasteiger partial charge in [-0.25, -0.2) is 4.79 Å². The lowest BCUT2D eigenvalue weighted by molar-refractivity contribution is -0.123. The number of anilines is 1. The summed E-state index contributed by atoms with van der Waals surface area (Å²) in [6.07, 6.45) is 1.38. The Morgan fingerprint density at radius 1 is 1.11 bits per heavy atom. The van der Waals surface area contributed by atoms with E-state index >= 15 is 0 Å². The molecule has 0 atom stereocenters. The first kappa shape index (κ1) is 19.4. The fraction of sp³-hybridized carbons (Fsp3) is 0.167. The molecule has 1 heterocycles. The molecule has 0 saturated heterocycles. The van der Waals surface area contributed by atoms with Crippen LogP contribution < -0.4 is 10.6 Å². The molecule has 0 spiro atoms. The van der Waals surface area contributed by atoms with Crippen molar-refractivity contribution in [3.05, 3.63) is 53.9 Å². The molecule has 0 aliphatic rings. The van der Waals surface area contributed by atoms with Crippen LogP contribution in [0.15, 0.2) is 42.6 Å². The third-order valence-electron chi connectivity index (χ3n) is 3.41. The summed E-state index contributed by atoms with van der Waals surface area (Å²) in [5.74, 6) is -2.57. The van der Waals surface area contributed by atoms with E-state index in [0.717, 1.165) is 0 Å². The number of nitrogens with zero attached hydrogens (tertiary/aromatic N) is 2. The molecule has 0 bridgehead atoms. The standard InChI is InChI=1S/C18H16N4O5/c1-22-10-2-3-14(22)17(25)21-16(24)11-27-18(26)12-4-6-13(7-5-12)20-15(23)8-9-19/h2-7,10H,8,11H2,1H3,(H,20,23)(H,21,24,25). The normalized spacial score (nSPS) is 9.78. The van der Waals surface area contributed by atoms with Gasteiger partial charge < -0.3 is 14.6 Å². The molecule has 138 valence electrons. The van der Waals surface area contributed by atoms with Gasteiger partial charge in [0.1, 0.15) is 12.1 Å². The van der Waals surface area contributed by atoms with Gasteiger partial charge in [0.15, 0.2) is 6.61 Å². The largest absolute Gasteiger partial charge is 0.452 e. The van der Waals surface area contributed by atoms with E-state index in [2.05, 4.69) is 10.6 Å². The van der Waals surface area contributed by atoms with Crippen LogP contribution in [0.3, 0.4) is 0 Å². The molecule has 9 nitrogen and oxygen atoms in total. The molecule has 0 radical (unpaired) electrons. The van der Waals surface area contributed by atoms with Crippen molar-refractivity contribution in [2.45, 2.75) is 6.42 Å². The van der Waals surface area contributed by atoms with Gasteiger partial charge in [-0.15, -0.1) is 0 Å². The number of amides is 3. The number of imide groups is 1. The van der Waals surface area contributed by atoms with E-state index in [1.807, 2.05) is 0 Å². The van der Waals surface area contributed by atoms with Gasteiger partial charge in [-0.05, 0) is 36.4 Å². The van der Waals surface area contributed by atoms with E-state index in [-0.39, 0.29) is 12.0 Å². The first-order valence-corrected chi connectivity index (χ1v) is 7.80. The molecule has 2 N–H and O–H groups in total. The summed E-state index contributed by atoms with van der Waals surface area (Å²) in [6.45, 7) is -0.615. The Hall–Kier alpha value is -3.93. The Kier molecular flexibility index (Phi) is 6.44. The fourth-order valence-electron chi connectivity index (χ4n) is 2.10. The molecule has 2 aromatic rings. The van der Waals surface area contributed by atoms with Crippen molar-refractivity contribution in [1.82, 2.24) is 9.88 Å². The summed E-state index contributed by atoms with van der Waals surface area (Å²) in [4.78, 5) is 46.9. The summed E-state index contributed by atoms with van der Waals surface area (Å²) >= 11 is 0. The lowest BCUT2D eigenvalue weighted by Gasteiger charge is -2.07. The highest BCUT2D eigenvalue weighted by molar-refractivity contribution is 6.04. The number of esters is 1. The van der Waals surface area contributed by atoms with Crippen LogP contribution in [0.4, 0.5) is 5.69 Å². The maximum Gasteiger partial charge on any atom is 0.338 e. The van der Waals surface area contributed by atoms with Gasteiger partial charge in [-0.3, -0.25) is 19.7 Å². The topological polar surface area (TPSA) is 130 Å². The van der Waals surface area contributed by atoms with Crippen LogP contribution in [0.1, 0.15) is 27.3 Å². The number of benzene rings is 1.